The molecule has 144 valence electrons. The van der Waals surface area contributed by atoms with Crippen LogP contribution in [0.15, 0.2) is 23.1 Å². The topological polar surface area (TPSA) is 113 Å². The summed E-state index contributed by atoms with van der Waals surface area (Å²) in [5.74, 6) is -1.61. The van der Waals surface area contributed by atoms with Gasteiger partial charge in [-0.25, -0.2) is 17.9 Å². The summed E-state index contributed by atoms with van der Waals surface area (Å²) in [5.41, 5.74) is 0.747. The Morgan fingerprint density at radius 2 is 2.00 bits per heavy atom. The second kappa shape index (κ2) is 8.15. The highest BCUT2D eigenvalue weighted by Crippen LogP contribution is 2.28. The van der Waals surface area contributed by atoms with Gasteiger partial charge >= 0.3 is 11.9 Å². The van der Waals surface area contributed by atoms with Crippen LogP contribution in [-0.4, -0.2) is 62.6 Å². The molecule has 9 heteroatoms. The average molecular weight is 384 g/mol. The normalized spacial score (nSPS) is 19.8. The highest BCUT2D eigenvalue weighted by molar-refractivity contribution is 7.89. The number of aliphatic carboxylic acids is 1. The summed E-state index contributed by atoms with van der Waals surface area (Å²) in [6.07, 6.45) is 1.06. The molecule has 0 saturated heterocycles. The first-order chi connectivity index (χ1) is 12.2. The molecule has 0 amide bonds. The van der Waals surface area contributed by atoms with E-state index in [9.17, 15) is 18.0 Å². The van der Waals surface area contributed by atoms with E-state index in [1.165, 1.54) is 19.2 Å². The lowest BCUT2D eigenvalue weighted by molar-refractivity contribution is -0.139. The molecule has 0 heterocycles. The van der Waals surface area contributed by atoms with E-state index in [1.807, 2.05) is 6.92 Å². The van der Waals surface area contributed by atoms with E-state index in [1.54, 1.807) is 17.9 Å². The lowest BCUT2D eigenvalue weighted by Crippen LogP contribution is -2.54. The lowest BCUT2D eigenvalue weighted by atomic mass is 9.86. The summed E-state index contributed by atoms with van der Waals surface area (Å²) in [7, 11) is -2.69. The zero-order valence-corrected chi connectivity index (χ0v) is 15.9. The second-order valence-electron chi connectivity index (χ2n) is 6.39. The first-order valence-corrected chi connectivity index (χ1v) is 9.83. The van der Waals surface area contributed by atoms with Gasteiger partial charge in [0.1, 0.15) is 0 Å². The Bertz CT molecular complexity index is 786. The van der Waals surface area contributed by atoms with Crippen molar-refractivity contribution in [3.8, 4) is 0 Å². The number of aryl methyl sites for hydroxylation is 1. The summed E-state index contributed by atoms with van der Waals surface area (Å²) in [6.45, 7) is 4.15. The van der Waals surface area contributed by atoms with Crippen LogP contribution in [0, 0.1) is 6.92 Å². The van der Waals surface area contributed by atoms with Crippen LogP contribution in [0.5, 0.6) is 0 Å². The molecule has 0 spiro atoms. The van der Waals surface area contributed by atoms with Gasteiger partial charge in [0.05, 0.1) is 24.1 Å². The zero-order chi connectivity index (χ0) is 19.5. The standard InChI is InChI=1S/C17H24N2O6S/c1-4-19(10-16(20)21)13-8-12(9-13)18-26(23,24)15-6-5-11(2)7-14(15)17(22)25-3/h5-7,12-13,18H,4,8-10H2,1-3H3,(H,20,21). The van der Waals surface area contributed by atoms with Crippen molar-refractivity contribution in [3.63, 3.8) is 0 Å². The predicted molar refractivity (Wildman–Crippen MR) is 94.5 cm³/mol. The number of likely N-dealkylation sites (N-methyl/N-ethyl adjacent to an activating group) is 1. The summed E-state index contributed by atoms with van der Waals surface area (Å²) in [4.78, 5) is 24.5. The van der Waals surface area contributed by atoms with Crippen molar-refractivity contribution in [1.82, 2.24) is 9.62 Å². The molecule has 2 N–H and O–H groups in total. The number of rotatable bonds is 8. The molecule has 1 aliphatic carbocycles. The van der Waals surface area contributed by atoms with Gasteiger partial charge in [0.2, 0.25) is 10.0 Å². The van der Waals surface area contributed by atoms with Gasteiger partial charge in [0.15, 0.2) is 0 Å². The molecule has 1 aromatic rings. The Balaban J connectivity index is 2.10. The van der Waals surface area contributed by atoms with Crippen molar-refractivity contribution in [2.45, 2.75) is 43.7 Å². The lowest BCUT2D eigenvalue weighted by Gasteiger charge is -2.42. The van der Waals surface area contributed by atoms with E-state index in [0.29, 0.717) is 19.4 Å². The Morgan fingerprint density at radius 3 is 2.54 bits per heavy atom. The number of benzene rings is 1. The van der Waals surface area contributed by atoms with E-state index in [4.69, 9.17) is 5.11 Å². The molecule has 0 unspecified atom stereocenters. The molecular formula is C17H24N2O6S. The molecule has 0 aliphatic heterocycles. The monoisotopic (exact) mass is 384 g/mol. The third-order valence-corrected chi connectivity index (χ3v) is 6.10. The fourth-order valence-corrected chi connectivity index (χ4v) is 4.52. The van der Waals surface area contributed by atoms with Gasteiger partial charge in [-0.15, -0.1) is 0 Å². The van der Waals surface area contributed by atoms with Crippen molar-refractivity contribution < 1.29 is 27.9 Å². The first kappa shape index (κ1) is 20.3. The van der Waals surface area contributed by atoms with Gasteiger partial charge < -0.3 is 9.84 Å². The number of methoxy groups -OCH3 is 1. The van der Waals surface area contributed by atoms with Gasteiger partial charge in [-0.1, -0.05) is 18.6 Å². The van der Waals surface area contributed by atoms with Crippen molar-refractivity contribution >= 4 is 22.0 Å². The highest BCUT2D eigenvalue weighted by Gasteiger charge is 2.37. The number of carbonyl (C=O) groups is 2. The van der Waals surface area contributed by atoms with Crippen LogP contribution in [0.3, 0.4) is 0 Å². The molecule has 2 rings (SSSR count). The summed E-state index contributed by atoms with van der Waals surface area (Å²) in [6, 6.07) is 4.23. The van der Waals surface area contributed by atoms with Crippen LogP contribution in [-0.2, 0) is 19.6 Å². The third-order valence-electron chi connectivity index (χ3n) is 4.53. The van der Waals surface area contributed by atoms with Crippen LogP contribution >= 0.6 is 0 Å². The Kier molecular flexibility index (Phi) is 6.38. The van der Waals surface area contributed by atoms with Gasteiger partial charge in [0.25, 0.3) is 0 Å². The van der Waals surface area contributed by atoms with E-state index < -0.39 is 22.0 Å². The molecule has 1 aromatic carbocycles. The maximum atomic E-state index is 12.7. The number of sulfonamides is 1. The van der Waals surface area contributed by atoms with Gasteiger partial charge in [-0.2, -0.15) is 0 Å². The second-order valence-corrected chi connectivity index (χ2v) is 8.07. The maximum Gasteiger partial charge on any atom is 0.339 e. The third kappa shape index (κ3) is 4.60. The molecule has 26 heavy (non-hydrogen) atoms. The molecule has 0 radical (unpaired) electrons. The molecule has 1 aliphatic rings. The minimum Gasteiger partial charge on any atom is -0.480 e. The summed E-state index contributed by atoms with van der Waals surface area (Å²) in [5, 5.41) is 8.92. The van der Waals surface area contributed by atoms with Crippen LogP contribution in [0.25, 0.3) is 0 Å². The van der Waals surface area contributed by atoms with E-state index >= 15 is 0 Å². The van der Waals surface area contributed by atoms with Gasteiger partial charge in [-0.05, 0) is 38.4 Å². The Hall–Kier alpha value is -1.97. The smallest absolute Gasteiger partial charge is 0.339 e. The zero-order valence-electron chi connectivity index (χ0n) is 15.1. The predicted octanol–water partition coefficient (Wildman–Crippen LogP) is 0.997. The van der Waals surface area contributed by atoms with Crippen LogP contribution < -0.4 is 4.72 Å². The number of carbonyl (C=O) groups excluding carboxylic acids is 1. The maximum absolute atomic E-state index is 12.7. The number of esters is 1. The fourth-order valence-electron chi connectivity index (χ4n) is 3.09. The van der Waals surface area contributed by atoms with Crippen LogP contribution in [0.1, 0.15) is 35.7 Å². The highest BCUT2D eigenvalue weighted by atomic mass is 32.2. The number of ether oxygens (including phenoxy) is 1. The van der Waals surface area contributed by atoms with Crippen molar-refractivity contribution in [3.05, 3.63) is 29.3 Å². The minimum atomic E-state index is -3.89. The molecule has 8 nitrogen and oxygen atoms in total. The van der Waals surface area contributed by atoms with Gasteiger partial charge in [-0.3, -0.25) is 9.69 Å². The van der Waals surface area contributed by atoms with E-state index in [0.717, 1.165) is 5.56 Å². The molecule has 0 aromatic heterocycles. The average Bonchev–Trinajstić information content (AvgIpc) is 2.54. The number of nitrogens with one attached hydrogen (secondary N) is 1. The molecular weight excluding hydrogens is 360 g/mol. The number of carboxylic acids is 1. The van der Waals surface area contributed by atoms with E-state index in [2.05, 4.69) is 9.46 Å². The molecule has 0 atom stereocenters. The van der Waals surface area contributed by atoms with Crippen molar-refractivity contribution in [1.29, 1.82) is 0 Å². The van der Waals surface area contributed by atoms with Crippen LogP contribution in [0.2, 0.25) is 0 Å². The number of nitrogens with zero attached hydrogens (tertiary/aromatic N) is 1. The number of hydrogen-bond donors (Lipinski definition) is 2. The first-order valence-electron chi connectivity index (χ1n) is 8.35. The van der Waals surface area contributed by atoms with Crippen LogP contribution in [0.4, 0.5) is 0 Å². The number of hydrogen-bond acceptors (Lipinski definition) is 6. The fraction of sp³-hybridized carbons (Fsp3) is 0.529. The number of carboxylic acid groups (broad SMARTS) is 1. The molecule has 1 fully saturated rings. The van der Waals surface area contributed by atoms with Crippen molar-refractivity contribution in [2.75, 3.05) is 20.2 Å². The van der Waals surface area contributed by atoms with Gasteiger partial charge in [0, 0.05) is 12.1 Å². The molecule has 1 saturated carbocycles. The largest absolute Gasteiger partial charge is 0.480 e. The van der Waals surface area contributed by atoms with Crippen molar-refractivity contribution in [2.24, 2.45) is 0 Å². The summed E-state index contributed by atoms with van der Waals surface area (Å²) < 4.78 is 32.6. The van der Waals surface area contributed by atoms with E-state index in [-0.39, 0.29) is 29.1 Å². The quantitative estimate of drug-likeness (QED) is 0.643. The SMILES string of the molecule is CCN(CC(=O)O)C1CC(NS(=O)(=O)c2ccc(C)cc2C(=O)OC)C1. The summed E-state index contributed by atoms with van der Waals surface area (Å²) >= 11 is 0. The Morgan fingerprint density at radius 1 is 1.35 bits per heavy atom. The molecule has 0 bridgehead atoms. The Labute approximate surface area is 153 Å². The minimum absolute atomic E-state index is 0.00284.